The van der Waals surface area contributed by atoms with Crippen molar-refractivity contribution in [3.05, 3.63) is 0 Å². The van der Waals surface area contributed by atoms with Crippen LogP contribution in [-0.4, -0.2) is 75.8 Å². The third-order valence-electron chi connectivity index (χ3n) is 1.10. The molecule has 0 aromatic heterocycles. The van der Waals surface area contributed by atoms with Crippen molar-refractivity contribution in [2.24, 2.45) is 17.2 Å². The smallest absolute Gasteiger partial charge is 0.748 e. The van der Waals surface area contributed by atoms with Crippen LogP contribution in [0.2, 0.25) is 0 Å². The Morgan fingerprint density at radius 2 is 0.625 bits per heavy atom. The number of hydrogen-bond donors (Lipinski definition) is 3. The van der Waals surface area contributed by atoms with E-state index < -0.39 is 47.6 Å². The summed E-state index contributed by atoms with van der Waals surface area (Å²) in [5.41, 5.74) is 14.2. The van der Waals surface area contributed by atoms with Crippen LogP contribution in [0.5, 0.6) is 0 Å². The summed E-state index contributed by atoms with van der Waals surface area (Å²) in [6.45, 7) is -0.274. The van der Waals surface area contributed by atoms with Gasteiger partial charge in [-0.15, -0.1) is 0 Å². The van der Waals surface area contributed by atoms with Crippen LogP contribution in [0.1, 0.15) is 0 Å². The van der Waals surface area contributed by atoms with Gasteiger partial charge in [0.15, 0.2) is 0 Å². The first-order valence-electron chi connectivity index (χ1n) is 5.09. The van der Waals surface area contributed by atoms with Crippen molar-refractivity contribution >= 4 is 30.4 Å². The summed E-state index contributed by atoms with van der Waals surface area (Å²) in [6, 6.07) is 0. The van der Waals surface area contributed by atoms with E-state index >= 15 is 0 Å². The molecule has 12 nitrogen and oxygen atoms in total. The maximum Gasteiger partial charge on any atom is 1.00 e. The molecule has 0 aliphatic carbocycles. The van der Waals surface area contributed by atoms with E-state index in [-0.39, 0.29) is 108 Å². The zero-order valence-corrected chi connectivity index (χ0v) is 22.3. The van der Waals surface area contributed by atoms with Crippen LogP contribution in [0.3, 0.4) is 0 Å². The van der Waals surface area contributed by atoms with Gasteiger partial charge in [-0.2, -0.15) is 0 Å². The van der Waals surface area contributed by atoms with Crippen LogP contribution in [0.4, 0.5) is 0 Å². The molecule has 0 spiro atoms. The van der Waals surface area contributed by atoms with Gasteiger partial charge < -0.3 is 30.9 Å². The number of hydrogen-bond acceptors (Lipinski definition) is 12. The molecule has 0 fully saturated rings. The minimum atomic E-state index is -4.05. The van der Waals surface area contributed by atoms with Gasteiger partial charge in [-0.3, -0.25) is 0 Å². The number of nitrogens with two attached hydrogens (primary N) is 3. The standard InChI is InChI=1S/3C2H7NO3S.3Na/c3*3-1-2-7(4,5)6;;;/h3*1-3H2,(H,4,5,6);;;/q;;;3*+1/p-3. The molecule has 0 saturated heterocycles. The van der Waals surface area contributed by atoms with Crippen molar-refractivity contribution < 1.29 is 128 Å². The molecule has 0 bridgehead atoms. The summed E-state index contributed by atoms with van der Waals surface area (Å²) in [4.78, 5) is 0. The van der Waals surface area contributed by atoms with E-state index in [0.29, 0.717) is 0 Å². The van der Waals surface area contributed by atoms with Crippen molar-refractivity contribution in [2.45, 2.75) is 0 Å². The third-order valence-corrected chi connectivity index (χ3v) is 3.31. The first kappa shape index (κ1) is 41.1. The van der Waals surface area contributed by atoms with E-state index in [9.17, 15) is 38.9 Å². The van der Waals surface area contributed by atoms with Gasteiger partial charge in [-0.05, 0) is 0 Å². The Labute approximate surface area is 209 Å². The molecule has 0 unspecified atom stereocenters. The molecule has 0 saturated carbocycles. The molecule has 6 N–H and O–H groups in total. The predicted molar refractivity (Wildman–Crippen MR) is 70.9 cm³/mol. The van der Waals surface area contributed by atoms with E-state index in [1.807, 2.05) is 0 Å². The molecule has 0 amide bonds. The molecule has 0 aliphatic rings. The largest absolute Gasteiger partial charge is 1.00 e. The summed E-state index contributed by atoms with van der Waals surface area (Å²) >= 11 is 0. The second-order valence-electron chi connectivity index (χ2n) is 3.15. The Hall–Kier alpha value is 2.61. The molecular formula is C6H18N3Na3O9S3. The zero-order valence-electron chi connectivity index (χ0n) is 13.9. The summed E-state index contributed by atoms with van der Waals surface area (Å²) < 4.78 is 86.4. The molecule has 0 aromatic rings. The SMILES string of the molecule is NCCS(=O)(=O)[O-].NCCS(=O)(=O)[O-].NCCS(=O)(=O)[O-].[Na+].[Na+].[Na+]. The van der Waals surface area contributed by atoms with E-state index in [1.165, 1.54) is 0 Å². The van der Waals surface area contributed by atoms with Gasteiger partial charge in [0.2, 0.25) is 0 Å². The summed E-state index contributed by atoms with van der Waals surface area (Å²) in [5, 5.41) is 0. The molecule has 0 rings (SSSR count). The fraction of sp³-hybridized carbons (Fsp3) is 1.00. The summed E-state index contributed by atoms with van der Waals surface area (Å²) in [5.74, 6) is -1.40. The normalized spacial score (nSPS) is 10.2. The third kappa shape index (κ3) is 64.3. The molecule has 18 heteroatoms. The predicted octanol–water partition coefficient (Wildman–Crippen LogP) is -13.5. The second-order valence-corrected chi connectivity index (χ2v) is 7.72. The van der Waals surface area contributed by atoms with Gasteiger partial charge in [-0.1, -0.05) is 0 Å². The van der Waals surface area contributed by atoms with Crippen molar-refractivity contribution in [3.63, 3.8) is 0 Å². The van der Waals surface area contributed by atoms with Crippen LogP contribution < -0.4 is 106 Å². The van der Waals surface area contributed by atoms with E-state index in [1.54, 1.807) is 0 Å². The minimum absolute atomic E-state index is 0. The first-order valence-corrected chi connectivity index (χ1v) is 9.82. The molecule has 0 heterocycles. The molecule has 0 radical (unpaired) electrons. The molecule has 132 valence electrons. The van der Waals surface area contributed by atoms with Crippen molar-refractivity contribution in [2.75, 3.05) is 36.9 Å². The van der Waals surface area contributed by atoms with Gasteiger partial charge in [0.1, 0.15) is 0 Å². The van der Waals surface area contributed by atoms with Gasteiger partial charge >= 0.3 is 88.7 Å². The van der Waals surface area contributed by atoms with Gasteiger partial charge in [0.25, 0.3) is 0 Å². The van der Waals surface area contributed by atoms with Crippen LogP contribution in [0.25, 0.3) is 0 Å². The first-order chi connectivity index (χ1) is 9.18. The van der Waals surface area contributed by atoms with E-state index in [4.69, 9.17) is 17.2 Å². The Morgan fingerprint density at radius 1 is 0.500 bits per heavy atom. The molecule has 0 aliphatic heterocycles. The maximum atomic E-state index is 9.60. The second kappa shape index (κ2) is 21.9. The van der Waals surface area contributed by atoms with Crippen LogP contribution in [-0.2, 0) is 30.4 Å². The van der Waals surface area contributed by atoms with Gasteiger partial charge in [0, 0.05) is 19.6 Å². The van der Waals surface area contributed by atoms with Crippen LogP contribution in [0, 0.1) is 0 Å². The topological polar surface area (TPSA) is 250 Å². The molecule has 0 atom stereocenters. The van der Waals surface area contributed by atoms with Crippen molar-refractivity contribution in [1.29, 1.82) is 0 Å². The van der Waals surface area contributed by atoms with Crippen LogP contribution >= 0.6 is 0 Å². The molecular weight excluding hydrogens is 423 g/mol. The number of rotatable bonds is 6. The molecule has 0 aromatic carbocycles. The quantitative estimate of drug-likeness (QED) is 0.256. The average Bonchev–Trinajstić information content (AvgIpc) is 2.12. The van der Waals surface area contributed by atoms with Crippen LogP contribution in [0.15, 0.2) is 0 Å². The van der Waals surface area contributed by atoms with Gasteiger partial charge in [0.05, 0.1) is 47.6 Å². The minimum Gasteiger partial charge on any atom is -0.748 e. The van der Waals surface area contributed by atoms with Gasteiger partial charge in [-0.25, -0.2) is 25.3 Å². The summed E-state index contributed by atoms with van der Waals surface area (Å²) in [6.07, 6.45) is 0. The maximum absolute atomic E-state index is 9.60. The summed E-state index contributed by atoms with van der Waals surface area (Å²) in [7, 11) is -12.1. The Morgan fingerprint density at radius 3 is 0.625 bits per heavy atom. The van der Waals surface area contributed by atoms with E-state index in [2.05, 4.69) is 0 Å². The Balaban J connectivity index is -0.0000000476. The fourth-order valence-corrected chi connectivity index (χ4v) is 1.30. The zero-order chi connectivity index (χ0) is 17.7. The Kier molecular flexibility index (Phi) is 37.5. The van der Waals surface area contributed by atoms with Crippen molar-refractivity contribution in [1.82, 2.24) is 0 Å². The Bertz CT molecular complexity index is 471. The average molecular weight is 441 g/mol. The molecule has 24 heavy (non-hydrogen) atoms. The monoisotopic (exact) mass is 441 g/mol. The fourth-order valence-electron chi connectivity index (χ4n) is 0.433. The van der Waals surface area contributed by atoms with Crippen molar-refractivity contribution in [3.8, 4) is 0 Å². The van der Waals surface area contributed by atoms with E-state index in [0.717, 1.165) is 0 Å².